The highest BCUT2D eigenvalue weighted by atomic mass is 32.2. The van der Waals surface area contributed by atoms with Crippen LogP contribution in [0.15, 0.2) is 12.1 Å². The molecule has 0 aromatic heterocycles. The zero-order chi connectivity index (χ0) is 15.8. The van der Waals surface area contributed by atoms with E-state index in [1.165, 1.54) is 0 Å². The maximum Gasteiger partial charge on any atom is 0.232 e. The first-order valence-corrected chi connectivity index (χ1v) is 7.01. The summed E-state index contributed by atoms with van der Waals surface area (Å²) in [4.78, 5) is 22.6. The van der Waals surface area contributed by atoms with E-state index in [1.54, 1.807) is 0 Å². The Morgan fingerprint density at radius 2 is 2.00 bits per heavy atom. The lowest BCUT2D eigenvalue weighted by Gasteiger charge is -2.38. The Labute approximate surface area is 121 Å². The first-order chi connectivity index (χ1) is 9.76. The average molecular weight is 318 g/mol. The van der Waals surface area contributed by atoms with Crippen LogP contribution < -0.4 is 10.5 Å². The van der Waals surface area contributed by atoms with Crippen molar-refractivity contribution >= 4 is 23.0 Å². The molecule has 1 atom stereocenters. The van der Waals surface area contributed by atoms with E-state index in [-0.39, 0.29) is 36.3 Å². The summed E-state index contributed by atoms with van der Waals surface area (Å²) in [5.74, 6) is -2.88. The van der Waals surface area contributed by atoms with Gasteiger partial charge in [-0.2, -0.15) is 0 Å². The van der Waals surface area contributed by atoms with Gasteiger partial charge in [-0.05, 0) is 12.1 Å². The van der Waals surface area contributed by atoms with Gasteiger partial charge in [0.15, 0.2) is 0 Å². The molecule has 4 N–H and O–H groups in total. The molecule has 0 bridgehead atoms. The molecule has 1 aliphatic rings. The van der Waals surface area contributed by atoms with Crippen LogP contribution in [0.5, 0.6) is 0 Å². The van der Waals surface area contributed by atoms with Crippen molar-refractivity contribution in [2.24, 2.45) is 5.73 Å². The number of carbonyl (C=O) groups is 2. The maximum absolute atomic E-state index is 14.1. The van der Waals surface area contributed by atoms with Crippen LogP contribution in [0.4, 0.5) is 8.78 Å². The molecule has 0 radical (unpaired) electrons. The molecule has 1 saturated carbocycles. The van der Waals surface area contributed by atoms with E-state index in [2.05, 4.69) is 0 Å². The molecule has 0 aliphatic heterocycles. The van der Waals surface area contributed by atoms with E-state index in [0.29, 0.717) is 0 Å². The van der Waals surface area contributed by atoms with Crippen molar-refractivity contribution < 1.29 is 27.1 Å². The van der Waals surface area contributed by atoms with E-state index in [1.807, 2.05) is 4.72 Å². The highest BCUT2D eigenvalue weighted by Gasteiger charge is 2.51. The van der Waals surface area contributed by atoms with Crippen molar-refractivity contribution in [3.63, 3.8) is 0 Å². The summed E-state index contributed by atoms with van der Waals surface area (Å²) in [5.41, 5.74) is 3.27. The molecule has 6 nitrogen and oxygen atoms in total. The van der Waals surface area contributed by atoms with Crippen LogP contribution in [-0.2, 0) is 32.8 Å². The quantitative estimate of drug-likeness (QED) is 0.677. The maximum atomic E-state index is 14.1. The number of nitrogens with two attached hydrogens (primary N) is 1. The smallest absolute Gasteiger partial charge is 0.232 e. The van der Waals surface area contributed by atoms with E-state index in [4.69, 9.17) is 10.3 Å². The van der Waals surface area contributed by atoms with E-state index >= 15 is 0 Å². The summed E-state index contributed by atoms with van der Waals surface area (Å²) >= 11 is -2.36. The highest BCUT2D eigenvalue weighted by Crippen LogP contribution is 2.42. The van der Waals surface area contributed by atoms with Gasteiger partial charge in [0.2, 0.25) is 17.2 Å². The van der Waals surface area contributed by atoms with Crippen LogP contribution in [0.2, 0.25) is 0 Å². The molecular formula is C12H12F2N2O4S. The van der Waals surface area contributed by atoms with Gasteiger partial charge in [-0.25, -0.2) is 17.7 Å². The fraction of sp³-hybridized carbons (Fsp3) is 0.333. The van der Waals surface area contributed by atoms with Gasteiger partial charge >= 0.3 is 0 Å². The summed E-state index contributed by atoms with van der Waals surface area (Å²) in [6, 6.07) is 1.63. The van der Waals surface area contributed by atoms with Crippen molar-refractivity contribution in [3.05, 3.63) is 34.9 Å². The monoisotopic (exact) mass is 318 g/mol. The van der Waals surface area contributed by atoms with Crippen LogP contribution in [0.3, 0.4) is 0 Å². The number of hydrogen-bond acceptors (Lipinski definition) is 3. The largest absolute Gasteiger partial charge is 0.369 e. The molecular weight excluding hydrogens is 306 g/mol. The van der Waals surface area contributed by atoms with Crippen LogP contribution in [-0.4, -0.2) is 20.5 Å². The van der Waals surface area contributed by atoms with Gasteiger partial charge in [-0.3, -0.25) is 14.1 Å². The summed E-state index contributed by atoms with van der Waals surface area (Å²) < 4.78 is 49.0. The fourth-order valence-corrected chi connectivity index (χ4v) is 2.63. The molecule has 1 fully saturated rings. The Morgan fingerprint density at radius 1 is 1.38 bits per heavy atom. The first kappa shape index (κ1) is 15.7. The number of benzene rings is 1. The number of primary amides is 1. The lowest BCUT2D eigenvalue weighted by atomic mass is 9.63. The normalized spacial score (nSPS) is 18.1. The van der Waals surface area contributed by atoms with Gasteiger partial charge < -0.3 is 5.73 Å². The second-order valence-electron chi connectivity index (χ2n) is 4.83. The molecule has 0 heterocycles. The highest BCUT2D eigenvalue weighted by molar-refractivity contribution is 7.77. The standard InChI is InChI=1S/C12H12F2N2O4S/c13-9-2-8(12(11(15)18)3-7(17)4-12)10(14)1-6(9)5-16-21(19)20/h1-2,16H,3-5H2,(H2,15,18)(H,19,20). The number of ketones is 1. The predicted octanol–water partition coefficient (Wildman–Crippen LogP) is 0.277. The molecule has 9 heteroatoms. The van der Waals surface area contributed by atoms with Gasteiger partial charge in [-0.15, -0.1) is 0 Å². The predicted molar refractivity (Wildman–Crippen MR) is 69.1 cm³/mol. The van der Waals surface area contributed by atoms with E-state index < -0.39 is 34.2 Å². The summed E-state index contributed by atoms with van der Waals surface area (Å²) in [5, 5.41) is 0. The SMILES string of the molecule is NC(=O)C1(c2cc(F)c(CNS(=O)O)cc2F)CC(=O)C1. The van der Waals surface area contributed by atoms with Gasteiger partial charge in [0.05, 0.1) is 5.41 Å². The third kappa shape index (κ3) is 2.85. The molecule has 1 unspecified atom stereocenters. The van der Waals surface area contributed by atoms with Crippen LogP contribution in [0.1, 0.15) is 24.0 Å². The zero-order valence-corrected chi connectivity index (χ0v) is 11.5. The van der Waals surface area contributed by atoms with Crippen molar-refractivity contribution in [1.82, 2.24) is 4.72 Å². The van der Waals surface area contributed by atoms with Gasteiger partial charge in [0.25, 0.3) is 0 Å². The molecule has 1 amide bonds. The van der Waals surface area contributed by atoms with Crippen LogP contribution in [0, 0.1) is 11.6 Å². The summed E-state index contributed by atoms with van der Waals surface area (Å²) in [6.07, 6.45) is -0.506. The van der Waals surface area contributed by atoms with E-state index in [9.17, 15) is 22.6 Å². The molecule has 114 valence electrons. The van der Waals surface area contributed by atoms with Crippen molar-refractivity contribution in [1.29, 1.82) is 0 Å². The number of halogens is 2. The number of nitrogens with one attached hydrogen (secondary N) is 1. The lowest BCUT2D eigenvalue weighted by molar-refractivity contribution is -0.139. The molecule has 1 aromatic rings. The summed E-state index contributed by atoms with van der Waals surface area (Å²) in [6.45, 7) is -0.366. The fourth-order valence-electron chi connectivity index (χ4n) is 2.35. The molecule has 21 heavy (non-hydrogen) atoms. The Hall–Kier alpha value is -1.71. The third-order valence-electron chi connectivity index (χ3n) is 3.51. The second-order valence-corrected chi connectivity index (χ2v) is 5.62. The minimum Gasteiger partial charge on any atom is -0.369 e. The van der Waals surface area contributed by atoms with Gasteiger partial charge in [0, 0.05) is 30.5 Å². The molecule has 0 saturated heterocycles. The van der Waals surface area contributed by atoms with Gasteiger partial charge in [0.1, 0.15) is 17.4 Å². The first-order valence-electron chi connectivity index (χ1n) is 5.90. The van der Waals surface area contributed by atoms with Crippen molar-refractivity contribution in [2.75, 3.05) is 0 Å². The minimum absolute atomic E-state index is 0.177. The summed E-state index contributed by atoms with van der Waals surface area (Å²) in [7, 11) is 0. The second kappa shape index (κ2) is 5.58. The number of Topliss-reactive ketones (excluding diaryl/α,β-unsaturated/α-hetero) is 1. The lowest BCUT2D eigenvalue weighted by Crippen LogP contribution is -2.52. The number of hydrogen-bond donors (Lipinski definition) is 3. The zero-order valence-electron chi connectivity index (χ0n) is 10.7. The molecule has 1 aromatic carbocycles. The molecule has 1 aliphatic carbocycles. The average Bonchev–Trinajstić information content (AvgIpc) is 2.35. The Morgan fingerprint density at radius 3 is 2.48 bits per heavy atom. The van der Waals surface area contributed by atoms with Crippen molar-refractivity contribution in [3.8, 4) is 0 Å². The number of carbonyl (C=O) groups excluding carboxylic acids is 2. The topological polar surface area (TPSA) is 109 Å². The minimum atomic E-state index is -2.36. The van der Waals surface area contributed by atoms with Crippen LogP contribution >= 0.6 is 0 Å². The Kier molecular flexibility index (Phi) is 4.17. The number of amides is 1. The van der Waals surface area contributed by atoms with Crippen molar-refractivity contribution in [2.45, 2.75) is 24.8 Å². The van der Waals surface area contributed by atoms with E-state index in [0.717, 1.165) is 12.1 Å². The number of rotatable bonds is 5. The Balaban J connectivity index is 2.38. The molecule has 0 spiro atoms. The third-order valence-corrected chi connectivity index (χ3v) is 3.90. The van der Waals surface area contributed by atoms with Gasteiger partial charge in [-0.1, -0.05) is 0 Å². The van der Waals surface area contributed by atoms with Crippen LogP contribution in [0.25, 0.3) is 0 Å². The molecule has 2 rings (SSSR count). The Bertz CT molecular complexity index is 642.